The Hall–Kier alpha value is -2.82. The first kappa shape index (κ1) is 20.9. The number of benzene rings is 1. The average molecular weight is 437 g/mol. The summed E-state index contributed by atoms with van der Waals surface area (Å²) in [6.45, 7) is 1.55. The van der Waals surface area contributed by atoms with E-state index < -0.39 is 22.1 Å². The third kappa shape index (κ3) is 4.44. The normalized spacial score (nSPS) is 12.7. The van der Waals surface area contributed by atoms with Crippen LogP contribution in [0.25, 0.3) is 11.4 Å². The molecule has 0 radical (unpaired) electrons. The second kappa shape index (κ2) is 8.27. The third-order valence-corrected chi connectivity index (χ3v) is 6.07. The van der Waals surface area contributed by atoms with Crippen molar-refractivity contribution in [2.45, 2.75) is 17.9 Å². The molecular weight excluding hydrogens is 420 g/mol. The lowest BCUT2D eigenvalue weighted by Crippen LogP contribution is -2.22. The molecule has 0 amide bonds. The summed E-state index contributed by atoms with van der Waals surface area (Å²) in [7, 11) is -0.961. The lowest BCUT2D eigenvalue weighted by molar-refractivity contribution is 0.0265. The highest BCUT2D eigenvalue weighted by atomic mass is 35.5. The molecule has 0 saturated carbocycles. The number of carbonyl (C=O) groups is 1. The molecular formula is C18H17ClN4O5S. The average Bonchev–Trinajstić information content (AvgIpc) is 3.19. The molecule has 152 valence electrons. The van der Waals surface area contributed by atoms with Gasteiger partial charge in [-0.1, -0.05) is 16.8 Å². The van der Waals surface area contributed by atoms with Crippen LogP contribution in [-0.4, -0.2) is 47.9 Å². The van der Waals surface area contributed by atoms with E-state index in [0.717, 1.165) is 4.31 Å². The number of carbonyl (C=O) groups excluding carboxylic acids is 1. The Morgan fingerprint density at radius 1 is 1.28 bits per heavy atom. The van der Waals surface area contributed by atoms with Gasteiger partial charge >= 0.3 is 5.97 Å². The fourth-order valence-electron chi connectivity index (χ4n) is 2.32. The zero-order valence-electron chi connectivity index (χ0n) is 15.7. The highest BCUT2D eigenvalue weighted by Gasteiger charge is 2.24. The van der Waals surface area contributed by atoms with E-state index in [2.05, 4.69) is 15.1 Å². The number of rotatable bonds is 6. The molecule has 0 N–H and O–H groups in total. The van der Waals surface area contributed by atoms with E-state index in [1.165, 1.54) is 32.3 Å². The zero-order valence-corrected chi connectivity index (χ0v) is 17.3. The summed E-state index contributed by atoms with van der Waals surface area (Å²) in [5.74, 6) is -0.446. The van der Waals surface area contributed by atoms with Crippen LogP contribution >= 0.6 is 11.6 Å². The van der Waals surface area contributed by atoms with Crippen molar-refractivity contribution in [3.63, 3.8) is 0 Å². The third-order valence-electron chi connectivity index (χ3n) is 3.93. The van der Waals surface area contributed by atoms with Gasteiger partial charge in [0.1, 0.15) is 0 Å². The Labute approximate surface area is 172 Å². The summed E-state index contributed by atoms with van der Waals surface area (Å²) in [6.07, 6.45) is 2.30. The van der Waals surface area contributed by atoms with Crippen molar-refractivity contribution in [1.82, 2.24) is 19.4 Å². The van der Waals surface area contributed by atoms with Crippen LogP contribution in [0.5, 0.6) is 0 Å². The maximum Gasteiger partial charge on any atom is 0.340 e. The summed E-state index contributed by atoms with van der Waals surface area (Å²) in [5, 5.41) is 3.90. The number of hydrogen-bond donors (Lipinski definition) is 0. The molecule has 3 aromatic rings. The van der Waals surface area contributed by atoms with Crippen LogP contribution in [0.1, 0.15) is 29.3 Å². The molecule has 2 aromatic heterocycles. The SMILES string of the molecule is CC(OC(=O)c1cc(S(=O)(=O)N(C)C)ccc1Cl)c1nc(-c2cccnc2)no1. The van der Waals surface area contributed by atoms with E-state index in [9.17, 15) is 13.2 Å². The quantitative estimate of drug-likeness (QED) is 0.541. The Bertz CT molecular complexity index is 1130. The molecule has 9 nitrogen and oxygen atoms in total. The van der Waals surface area contributed by atoms with Crippen molar-refractivity contribution in [2.75, 3.05) is 14.1 Å². The van der Waals surface area contributed by atoms with Crippen LogP contribution in [0.4, 0.5) is 0 Å². The van der Waals surface area contributed by atoms with Gasteiger partial charge in [0.25, 0.3) is 5.89 Å². The van der Waals surface area contributed by atoms with Crippen molar-refractivity contribution in [3.8, 4) is 11.4 Å². The minimum Gasteiger partial charge on any atom is -0.449 e. The minimum atomic E-state index is -3.74. The minimum absolute atomic E-state index is 0.0569. The fourth-order valence-corrected chi connectivity index (χ4v) is 3.44. The number of esters is 1. The van der Waals surface area contributed by atoms with E-state index in [-0.39, 0.29) is 21.4 Å². The van der Waals surface area contributed by atoms with Crippen LogP contribution in [0, 0.1) is 0 Å². The molecule has 0 fully saturated rings. The summed E-state index contributed by atoms with van der Waals surface area (Å²) >= 11 is 6.07. The number of aromatic nitrogens is 3. The van der Waals surface area contributed by atoms with Gasteiger partial charge in [-0.05, 0) is 37.3 Å². The van der Waals surface area contributed by atoms with E-state index in [1.54, 1.807) is 31.5 Å². The molecule has 29 heavy (non-hydrogen) atoms. The monoisotopic (exact) mass is 436 g/mol. The highest BCUT2D eigenvalue weighted by Crippen LogP contribution is 2.26. The van der Waals surface area contributed by atoms with Crippen molar-refractivity contribution >= 4 is 27.6 Å². The number of sulfonamides is 1. The van der Waals surface area contributed by atoms with Gasteiger partial charge in [-0.25, -0.2) is 17.5 Å². The van der Waals surface area contributed by atoms with Gasteiger partial charge in [-0.15, -0.1) is 0 Å². The first-order valence-corrected chi connectivity index (χ1v) is 10.2. The van der Waals surface area contributed by atoms with Gasteiger partial charge in [-0.2, -0.15) is 4.98 Å². The maximum absolute atomic E-state index is 12.6. The lowest BCUT2D eigenvalue weighted by Gasteiger charge is -2.14. The number of halogens is 1. The van der Waals surface area contributed by atoms with Gasteiger partial charge in [0.15, 0.2) is 6.10 Å². The number of pyridine rings is 1. The molecule has 0 aliphatic rings. The Morgan fingerprint density at radius 3 is 2.69 bits per heavy atom. The van der Waals surface area contributed by atoms with Crippen LogP contribution in [0.15, 0.2) is 52.1 Å². The molecule has 0 aliphatic heterocycles. The first-order chi connectivity index (χ1) is 13.7. The van der Waals surface area contributed by atoms with Crippen LogP contribution < -0.4 is 0 Å². The largest absolute Gasteiger partial charge is 0.449 e. The Kier molecular flexibility index (Phi) is 5.96. The second-order valence-electron chi connectivity index (χ2n) is 6.17. The first-order valence-electron chi connectivity index (χ1n) is 8.37. The molecule has 2 heterocycles. The van der Waals surface area contributed by atoms with E-state index in [4.69, 9.17) is 20.9 Å². The topological polar surface area (TPSA) is 115 Å². The molecule has 1 aromatic carbocycles. The van der Waals surface area contributed by atoms with Gasteiger partial charge < -0.3 is 9.26 Å². The van der Waals surface area contributed by atoms with Gasteiger partial charge in [0.2, 0.25) is 15.8 Å². The Morgan fingerprint density at radius 2 is 2.03 bits per heavy atom. The van der Waals surface area contributed by atoms with Crippen molar-refractivity contribution in [3.05, 3.63) is 59.2 Å². The molecule has 0 saturated heterocycles. The predicted molar refractivity (Wildman–Crippen MR) is 104 cm³/mol. The molecule has 0 aliphatic carbocycles. The zero-order chi connectivity index (χ0) is 21.2. The molecule has 0 spiro atoms. The molecule has 0 bridgehead atoms. The van der Waals surface area contributed by atoms with Crippen molar-refractivity contribution in [2.24, 2.45) is 0 Å². The smallest absolute Gasteiger partial charge is 0.340 e. The molecule has 1 atom stereocenters. The van der Waals surface area contributed by atoms with E-state index in [0.29, 0.717) is 11.4 Å². The maximum atomic E-state index is 12.6. The van der Waals surface area contributed by atoms with Crippen molar-refractivity contribution < 1.29 is 22.5 Å². The molecule has 1 unspecified atom stereocenters. The van der Waals surface area contributed by atoms with Crippen LogP contribution in [0.3, 0.4) is 0 Å². The van der Waals surface area contributed by atoms with Gasteiger partial charge in [0, 0.05) is 32.1 Å². The lowest BCUT2D eigenvalue weighted by atomic mass is 10.2. The number of nitrogens with zero attached hydrogens (tertiary/aromatic N) is 4. The van der Waals surface area contributed by atoms with Crippen LogP contribution in [-0.2, 0) is 14.8 Å². The second-order valence-corrected chi connectivity index (χ2v) is 8.73. The van der Waals surface area contributed by atoms with Gasteiger partial charge in [0.05, 0.1) is 15.5 Å². The van der Waals surface area contributed by atoms with Crippen LogP contribution in [0.2, 0.25) is 5.02 Å². The molecule has 11 heteroatoms. The summed E-state index contributed by atoms with van der Waals surface area (Å²) < 4.78 is 36.1. The van der Waals surface area contributed by atoms with Gasteiger partial charge in [-0.3, -0.25) is 4.98 Å². The fraction of sp³-hybridized carbons (Fsp3) is 0.222. The highest BCUT2D eigenvalue weighted by molar-refractivity contribution is 7.89. The summed E-state index contributed by atoms with van der Waals surface area (Å²) in [5.41, 5.74) is 0.555. The summed E-state index contributed by atoms with van der Waals surface area (Å²) in [4.78, 5) is 20.7. The molecule has 3 rings (SSSR count). The number of hydrogen-bond acceptors (Lipinski definition) is 8. The standard InChI is InChI=1S/C18H17ClN4O5S/c1-11(17-21-16(22-28-17)12-5-4-8-20-10-12)27-18(24)14-9-13(6-7-15(14)19)29(25,26)23(2)3/h4-11H,1-3H3. The Balaban J connectivity index is 1.81. The summed E-state index contributed by atoms with van der Waals surface area (Å²) in [6, 6.07) is 7.30. The van der Waals surface area contributed by atoms with E-state index >= 15 is 0 Å². The number of ether oxygens (including phenoxy) is 1. The van der Waals surface area contributed by atoms with Crippen molar-refractivity contribution in [1.29, 1.82) is 0 Å². The predicted octanol–water partition coefficient (Wildman–Crippen LogP) is 2.95. The van der Waals surface area contributed by atoms with E-state index in [1.807, 2.05) is 0 Å².